The van der Waals surface area contributed by atoms with Gasteiger partial charge in [-0.2, -0.15) is 0 Å². The Morgan fingerprint density at radius 1 is 1.26 bits per heavy atom. The van der Waals surface area contributed by atoms with Crippen LogP contribution >= 0.6 is 0 Å². The van der Waals surface area contributed by atoms with Crippen LogP contribution in [0, 0.1) is 5.92 Å². The number of ether oxygens (including phenoxy) is 1. The summed E-state index contributed by atoms with van der Waals surface area (Å²) in [5.41, 5.74) is 0.864. The molecule has 4 nitrogen and oxygen atoms in total. The molecule has 1 aliphatic heterocycles. The number of nitrogens with one attached hydrogen (secondary N) is 1. The zero-order chi connectivity index (χ0) is 16.2. The van der Waals surface area contributed by atoms with Crippen molar-refractivity contribution in [1.82, 2.24) is 4.90 Å². The highest BCUT2D eigenvalue weighted by atomic mass is 16.5. The Morgan fingerprint density at radius 2 is 2.04 bits per heavy atom. The van der Waals surface area contributed by atoms with E-state index < -0.39 is 0 Å². The van der Waals surface area contributed by atoms with E-state index in [-0.39, 0.29) is 12.1 Å². The van der Waals surface area contributed by atoms with Crippen LogP contribution in [-0.4, -0.2) is 36.7 Å². The van der Waals surface area contributed by atoms with Crippen molar-refractivity contribution < 1.29 is 9.53 Å². The fourth-order valence-electron chi connectivity index (χ4n) is 3.18. The molecule has 2 amide bonds. The number of amides is 2. The Kier molecular flexibility index (Phi) is 4.82. The van der Waals surface area contributed by atoms with E-state index in [2.05, 4.69) is 31.3 Å². The van der Waals surface area contributed by atoms with Gasteiger partial charge in [0.2, 0.25) is 0 Å². The predicted octanol–water partition coefficient (Wildman–Crippen LogP) is 4.12. The van der Waals surface area contributed by atoms with Gasteiger partial charge in [-0.15, -0.1) is 0 Å². The lowest BCUT2D eigenvalue weighted by molar-refractivity contribution is 0.00858. The van der Waals surface area contributed by atoms with Crippen LogP contribution in [0.25, 0.3) is 10.8 Å². The second-order valence-corrected chi connectivity index (χ2v) is 6.51. The summed E-state index contributed by atoms with van der Waals surface area (Å²) in [6, 6.07) is 14.2. The summed E-state index contributed by atoms with van der Waals surface area (Å²) in [5, 5.41) is 5.29. The molecule has 1 heterocycles. The van der Waals surface area contributed by atoms with Gasteiger partial charge in [0.25, 0.3) is 0 Å². The fraction of sp³-hybridized carbons (Fsp3) is 0.421. The number of anilines is 1. The van der Waals surface area contributed by atoms with Gasteiger partial charge in [-0.3, -0.25) is 0 Å². The molecule has 4 heteroatoms. The van der Waals surface area contributed by atoms with Gasteiger partial charge in [-0.05, 0) is 23.8 Å². The number of carbonyl (C=O) groups excluding carboxylic acids is 1. The van der Waals surface area contributed by atoms with Crippen LogP contribution in [0.2, 0.25) is 0 Å². The molecule has 1 atom stereocenters. The van der Waals surface area contributed by atoms with Crippen molar-refractivity contribution in [1.29, 1.82) is 0 Å². The lowest BCUT2D eigenvalue weighted by Gasteiger charge is -2.36. The van der Waals surface area contributed by atoms with Crippen molar-refractivity contribution in [3.8, 4) is 0 Å². The van der Waals surface area contributed by atoms with Gasteiger partial charge in [0.1, 0.15) is 0 Å². The quantitative estimate of drug-likeness (QED) is 0.926. The minimum atomic E-state index is -0.0321. The smallest absolute Gasteiger partial charge is 0.322 e. The van der Waals surface area contributed by atoms with Gasteiger partial charge in [-0.25, -0.2) is 4.79 Å². The normalized spacial score (nSPS) is 18.4. The maximum atomic E-state index is 12.8. The number of rotatable bonds is 3. The van der Waals surface area contributed by atoms with E-state index in [1.807, 2.05) is 35.2 Å². The molecule has 122 valence electrons. The number of nitrogens with zero attached hydrogens (tertiary/aromatic N) is 1. The lowest BCUT2D eigenvalue weighted by atomic mass is 10.0. The van der Waals surface area contributed by atoms with E-state index in [4.69, 9.17) is 4.74 Å². The summed E-state index contributed by atoms with van der Waals surface area (Å²) < 4.78 is 5.56. The number of benzene rings is 2. The summed E-state index contributed by atoms with van der Waals surface area (Å²) in [7, 11) is 0. The van der Waals surface area contributed by atoms with E-state index in [0.29, 0.717) is 25.7 Å². The SMILES string of the molecule is CC(C)CC1COCCN1C(=O)Nc1cccc2ccccc12. The fourth-order valence-corrected chi connectivity index (χ4v) is 3.18. The molecule has 1 aliphatic rings. The number of hydrogen-bond acceptors (Lipinski definition) is 2. The topological polar surface area (TPSA) is 41.6 Å². The third kappa shape index (κ3) is 3.64. The Hall–Kier alpha value is -2.07. The van der Waals surface area contributed by atoms with Crippen LogP contribution in [0.15, 0.2) is 42.5 Å². The van der Waals surface area contributed by atoms with Crippen molar-refractivity contribution in [2.24, 2.45) is 5.92 Å². The first kappa shape index (κ1) is 15.8. The average molecular weight is 312 g/mol. The standard InChI is InChI=1S/C19H24N2O2/c1-14(2)12-16-13-23-11-10-21(16)19(22)20-18-9-5-7-15-6-3-4-8-17(15)18/h3-9,14,16H,10-13H2,1-2H3,(H,20,22). The summed E-state index contributed by atoms with van der Waals surface area (Å²) in [6.45, 7) is 6.23. The molecule has 2 aromatic rings. The first-order valence-electron chi connectivity index (χ1n) is 8.28. The molecule has 1 fully saturated rings. The molecule has 0 aliphatic carbocycles. The Balaban J connectivity index is 1.79. The third-order valence-electron chi connectivity index (χ3n) is 4.26. The van der Waals surface area contributed by atoms with E-state index in [1.165, 1.54) is 0 Å². The maximum Gasteiger partial charge on any atom is 0.322 e. The molecule has 1 unspecified atom stereocenters. The number of urea groups is 1. The van der Waals surface area contributed by atoms with Gasteiger partial charge in [0.15, 0.2) is 0 Å². The summed E-state index contributed by atoms with van der Waals surface area (Å²) in [5.74, 6) is 0.537. The monoisotopic (exact) mass is 312 g/mol. The highest BCUT2D eigenvalue weighted by Crippen LogP contribution is 2.24. The summed E-state index contributed by atoms with van der Waals surface area (Å²) in [4.78, 5) is 14.7. The molecule has 0 radical (unpaired) electrons. The molecule has 0 aromatic heterocycles. The molecule has 1 saturated heterocycles. The first-order valence-corrected chi connectivity index (χ1v) is 8.28. The van der Waals surface area contributed by atoms with Crippen molar-refractivity contribution in [2.45, 2.75) is 26.3 Å². The minimum absolute atomic E-state index is 0.0321. The van der Waals surface area contributed by atoms with Crippen LogP contribution < -0.4 is 5.32 Å². The second kappa shape index (κ2) is 7.01. The number of morpholine rings is 1. The number of hydrogen-bond donors (Lipinski definition) is 1. The Morgan fingerprint density at radius 3 is 2.87 bits per heavy atom. The highest BCUT2D eigenvalue weighted by molar-refractivity contribution is 6.01. The molecule has 2 aromatic carbocycles. The Bertz CT molecular complexity index is 679. The molecule has 1 N–H and O–H groups in total. The zero-order valence-corrected chi connectivity index (χ0v) is 13.8. The van der Waals surface area contributed by atoms with Gasteiger partial charge in [0, 0.05) is 11.9 Å². The van der Waals surface area contributed by atoms with Crippen LogP contribution in [-0.2, 0) is 4.74 Å². The van der Waals surface area contributed by atoms with E-state index in [9.17, 15) is 4.79 Å². The lowest BCUT2D eigenvalue weighted by Crippen LogP contribution is -2.50. The van der Waals surface area contributed by atoms with Crippen LogP contribution in [0.4, 0.5) is 10.5 Å². The molecule has 3 rings (SSSR count). The van der Waals surface area contributed by atoms with Crippen molar-refractivity contribution in [3.63, 3.8) is 0 Å². The van der Waals surface area contributed by atoms with Crippen molar-refractivity contribution in [3.05, 3.63) is 42.5 Å². The van der Waals surface area contributed by atoms with Gasteiger partial charge < -0.3 is 15.0 Å². The number of fused-ring (bicyclic) bond motifs is 1. The van der Waals surface area contributed by atoms with Gasteiger partial charge in [-0.1, -0.05) is 50.2 Å². The highest BCUT2D eigenvalue weighted by Gasteiger charge is 2.28. The average Bonchev–Trinajstić information content (AvgIpc) is 2.55. The number of carbonyl (C=O) groups is 1. The van der Waals surface area contributed by atoms with Crippen molar-refractivity contribution >= 4 is 22.5 Å². The van der Waals surface area contributed by atoms with Crippen LogP contribution in [0.3, 0.4) is 0 Å². The minimum Gasteiger partial charge on any atom is -0.377 e. The van der Waals surface area contributed by atoms with Gasteiger partial charge >= 0.3 is 6.03 Å². The Labute approximate surface area is 137 Å². The van der Waals surface area contributed by atoms with Crippen LogP contribution in [0.1, 0.15) is 20.3 Å². The van der Waals surface area contributed by atoms with Crippen LogP contribution in [0.5, 0.6) is 0 Å². The molecule has 23 heavy (non-hydrogen) atoms. The first-order chi connectivity index (χ1) is 11.1. The molecular formula is C19H24N2O2. The van der Waals surface area contributed by atoms with E-state index in [0.717, 1.165) is 22.9 Å². The van der Waals surface area contributed by atoms with E-state index in [1.54, 1.807) is 0 Å². The summed E-state index contributed by atoms with van der Waals surface area (Å²) >= 11 is 0. The van der Waals surface area contributed by atoms with E-state index >= 15 is 0 Å². The second-order valence-electron chi connectivity index (χ2n) is 6.51. The summed E-state index contributed by atoms with van der Waals surface area (Å²) in [6.07, 6.45) is 0.961. The molecule has 0 saturated carbocycles. The molecule has 0 bridgehead atoms. The van der Waals surface area contributed by atoms with Gasteiger partial charge in [0.05, 0.1) is 24.9 Å². The maximum absolute atomic E-state index is 12.8. The zero-order valence-electron chi connectivity index (χ0n) is 13.8. The predicted molar refractivity (Wildman–Crippen MR) is 93.7 cm³/mol. The third-order valence-corrected chi connectivity index (χ3v) is 4.26. The van der Waals surface area contributed by atoms with Crippen molar-refractivity contribution in [2.75, 3.05) is 25.1 Å². The molecule has 0 spiro atoms. The molecular weight excluding hydrogens is 288 g/mol. The largest absolute Gasteiger partial charge is 0.377 e.